The van der Waals surface area contributed by atoms with Gasteiger partial charge in [-0.3, -0.25) is 0 Å². The van der Waals surface area contributed by atoms with Crippen LogP contribution in [0.4, 0.5) is 0 Å². The number of ether oxygens (including phenoxy) is 1. The van der Waals surface area contributed by atoms with Gasteiger partial charge in [0.15, 0.2) is 0 Å². The summed E-state index contributed by atoms with van der Waals surface area (Å²) in [5.41, 5.74) is 2.70. The quantitative estimate of drug-likeness (QED) is 0.835. The average Bonchev–Trinajstić information content (AvgIpc) is 2.50. The highest BCUT2D eigenvalue weighted by Gasteiger charge is 2.17. The van der Waals surface area contributed by atoms with Gasteiger partial charge in [-0.05, 0) is 58.8 Å². The molecule has 1 fully saturated rings. The molecular formula is C18H30N2O. The van der Waals surface area contributed by atoms with Crippen LogP contribution >= 0.6 is 0 Å². The van der Waals surface area contributed by atoms with Crippen LogP contribution in [-0.4, -0.2) is 44.8 Å². The maximum atomic E-state index is 5.82. The molecule has 1 N–H and O–H groups in total. The van der Waals surface area contributed by atoms with Crippen molar-refractivity contribution in [1.82, 2.24) is 10.2 Å². The van der Waals surface area contributed by atoms with Crippen LogP contribution in [0.5, 0.6) is 0 Å². The maximum absolute atomic E-state index is 5.82. The molecule has 0 aromatic heterocycles. The van der Waals surface area contributed by atoms with E-state index in [1.54, 1.807) is 0 Å². The Morgan fingerprint density at radius 2 is 2.05 bits per heavy atom. The Bertz CT molecular complexity index is 398. The standard InChI is InChI=1S/C18H30N2O/c1-15-7-9-16(10-8-15)18(19-2)11-12-20(3)14-17-6-4-5-13-21-17/h7-10,17-19H,4-6,11-14H2,1-3H3. The van der Waals surface area contributed by atoms with Crippen molar-refractivity contribution < 1.29 is 4.74 Å². The number of nitrogens with one attached hydrogen (secondary N) is 1. The second kappa shape index (κ2) is 8.52. The van der Waals surface area contributed by atoms with Gasteiger partial charge in [-0.15, -0.1) is 0 Å². The summed E-state index contributed by atoms with van der Waals surface area (Å²) in [5, 5.41) is 3.44. The van der Waals surface area contributed by atoms with E-state index in [1.165, 1.54) is 30.4 Å². The van der Waals surface area contributed by atoms with Gasteiger partial charge in [0.1, 0.15) is 0 Å². The van der Waals surface area contributed by atoms with Crippen molar-refractivity contribution in [2.45, 2.75) is 44.8 Å². The first-order chi connectivity index (χ1) is 10.2. The van der Waals surface area contributed by atoms with E-state index in [9.17, 15) is 0 Å². The van der Waals surface area contributed by atoms with Gasteiger partial charge in [0, 0.05) is 19.2 Å². The fourth-order valence-corrected chi connectivity index (χ4v) is 3.02. The summed E-state index contributed by atoms with van der Waals surface area (Å²) in [4.78, 5) is 2.41. The number of hydrogen-bond acceptors (Lipinski definition) is 3. The second-order valence-corrected chi connectivity index (χ2v) is 6.29. The minimum absolute atomic E-state index is 0.431. The molecule has 1 aromatic carbocycles. The van der Waals surface area contributed by atoms with Gasteiger partial charge in [0.05, 0.1) is 6.10 Å². The lowest BCUT2D eigenvalue weighted by Crippen LogP contribution is -2.35. The van der Waals surface area contributed by atoms with E-state index in [1.807, 2.05) is 0 Å². The molecule has 1 heterocycles. The topological polar surface area (TPSA) is 24.5 Å². The van der Waals surface area contributed by atoms with Crippen molar-refractivity contribution in [2.75, 3.05) is 33.8 Å². The highest BCUT2D eigenvalue weighted by molar-refractivity contribution is 5.24. The average molecular weight is 290 g/mol. The minimum Gasteiger partial charge on any atom is -0.377 e. The Balaban J connectivity index is 1.77. The summed E-state index contributed by atoms with van der Waals surface area (Å²) in [5.74, 6) is 0. The van der Waals surface area contributed by atoms with Crippen molar-refractivity contribution in [3.63, 3.8) is 0 Å². The summed E-state index contributed by atoms with van der Waals surface area (Å²) in [7, 11) is 4.26. The monoisotopic (exact) mass is 290 g/mol. The summed E-state index contributed by atoms with van der Waals surface area (Å²) in [6.07, 6.45) is 5.34. The first kappa shape index (κ1) is 16.5. The van der Waals surface area contributed by atoms with Crippen LogP contribution in [-0.2, 0) is 4.74 Å². The Morgan fingerprint density at radius 3 is 2.67 bits per heavy atom. The Hall–Kier alpha value is -0.900. The molecule has 1 aliphatic heterocycles. The Morgan fingerprint density at radius 1 is 1.29 bits per heavy atom. The van der Waals surface area contributed by atoms with Crippen molar-refractivity contribution in [3.8, 4) is 0 Å². The normalized spacial score (nSPS) is 20.7. The van der Waals surface area contributed by atoms with E-state index in [-0.39, 0.29) is 0 Å². The first-order valence-corrected chi connectivity index (χ1v) is 8.23. The molecule has 3 heteroatoms. The van der Waals surface area contributed by atoms with Crippen LogP contribution in [0.1, 0.15) is 42.9 Å². The van der Waals surface area contributed by atoms with Crippen molar-refractivity contribution in [2.24, 2.45) is 0 Å². The molecule has 118 valence electrons. The molecule has 0 spiro atoms. The van der Waals surface area contributed by atoms with Gasteiger partial charge in [-0.1, -0.05) is 29.8 Å². The third-order valence-electron chi connectivity index (χ3n) is 4.42. The minimum atomic E-state index is 0.431. The number of rotatable bonds is 7. The maximum Gasteiger partial charge on any atom is 0.0701 e. The third-order valence-corrected chi connectivity index (χ3v) is 4.42. The van der Waals surface area contributed by atoms with Crippen molar-refractivity contribution in [3.05, 3.63) is 35.4 Å². The van der Waals surface area contributed by atoms with Crippen LogP contribution in [0.2, 0.25) is 0 Å². The fraction of sp³-hybridized carbons (Fsp3) is 0.667. The largest absolute Gasteiger partial charge is 0.377 e. The molecule has 0 bridgehead atoms. The van der Waals surface area contributed by atoms with E-state index in [4.69, 9.17) is 4.74 Å². The molecular weight excluding hydrogens is 260 g/mol. The molecule has 0 amide bonds. The molecule has 1 saturated heterocycles. The summed E-state index contributed by atoms with van der Waals surface area (Å²) in [6.45, 7) is 5.24. The highest BCUT2D eigenvalue weighted by atomic mass is 16.5. The van der Waals surface area contributed by atoms with Gasteiger partial charge in [0.25, 0.3) is 0 Å². The number of benzene rings is 1. The lowest BCUT2D eigenvalue weighted by Gasteiger charge is -2.28. The summed E-state index contributed by atoms with van der Waals surface area (Å²) in [6, 6.07) is 9.29. The summed E-state index contributed by atoms with van der Waals surface area (Å²) >= 11 is 0. The number of likely N-dealkylation sites (N-methyl/N-ethyl adjacent to an activating group) is 1. The van der Waals surface area contributed by atoms with E-state index < -0.39 is 0 Å². The molecule has 3 nitrogen and oxygen atoms in total. The predicted octanol–water partition coefficient (Wildman–Crippen LogP) is 3.15. The fourth-order valence-electron chi connectivity index (χ4n) is 3.02. The molecule has 21 heavy (non-hydrogen) atoms. The molecule has 2 rings (SSSR count). The number of hydrogen-bond donors (Lipinski definition) is 1. The van der Waals surface area contributed by atoms with Gasteiger partial charge < -0.3 is 15.0 Å². The predicted molar refractivity (Wildman–Crippen MR) is 88.7 cm³/mol. The summed E-state index contributed by atoms with van der Waals surface area (Å²) < 4.78 is 5.82. The van der Waals surface area contributed by atoms with Crippen LogP contribution < -0.4 is 5.32 Å². The van der Waals surface area contributed by atoms with E-state index in [0.717, 1.165) is 26.1 Å². The first-order valence-electron chi connectivity index (χ1n) is 8.23. The smallest absolute Gasteiger partial charge is 0.0701 e. The van der Waals surface area contributed by atoms with Gasteiger partial charge in [0.2, 0.25) is 0 Å². The number of nitrogens with zero attached hydrogens (tertiary/aromatic N) is 1. The van der Waals surface area contributed by atoms with E-state index >= 15 is 0 Å². The molecule has 0 saturated carbocycles. The van der Waals surface area contributed by atoms with Gasteiger partial charge >= 0.3 is 0 Å². The SMILES string of the molecule is CNC(CCN(C)CC1CCCCO1)c1ccc(C)cc1. The number of aryl methyl sites for hydroxylation is 1. The van der Waals surface area contributed by atoms with E-state index in [0.29, 0.717) is 12.1 Å². The van der Waals surface area contributed by atoms with Gasteiger partial charge in [-0.2, -0.15) is 0 Å². The Labute approximate surface area is 129 Å². The van der Waals surface area contributed by atoms with E-state index in [2.05, 4.69) is 55.5 Å². The van der Waals surface area contributed by atoms with Crippen LogP contribution in [0.15, 0.2) is 24.3 Å². The zero-order valence-electron chi connectivity index (χ0n) is 13.8. The van der Waals surface area contributed by atoms with Crippen LogP contribution in [0.25, 0.3) is 0 Å². The Kier molecular flexibility index (Phi) is 6.68. The lowest BCUT2D eigenvalue weighted by molar-refractivity contribution is -0.00184. The zero-order valence-corrected chi connectivity index (χ0v) is 13.8. The molecule has 1 aliphatic rings. The van der Waals surface area contributed by atoms with Crippen LogP contribution in [0.3, 0.4) is 0 Å². The highest BCUT2D eigenvalue weighted by Crippen LogP contribution is 2.18. The zero-order chi connectivity index (χ0) is 15.1. The van der Waals surface area contributed by atoms with Gasteiger partial charge in [-0.25, -0.2) is 0 Å². The van der Waals surface area contributed by atoms with Crippen LogP contribution in [0, 0.1) is 6.92 Å². The molecule has 2 atom stereocenters. The second-order valence-electron chi connectivity index (χ2n) is 6.29. The lowest BCUT2D eigenvalue weighted by atomic mass is 10.0. The van der Waals surface area contributed by atoms with Crippen molar-refractivity contribution >= 4 is 0 Å². The third kappa shape index (κ3) is 5.42. The molecule has 0 aliphatic carbocycles. The molecule has 2 unspecified atom stereocenters. The van der Waals surface area contributed by atoms with Crippen molar-refractivity contribution in [1.29, 1.82) is 0 Å². The molecule has 0 radical (unpaired) electrons. The molecule has 1 aromatic rings.